The average molecular weight is 1210 g/mol. The minimum atomic E-state index is -0.294. The minimum Gasteiger partial charge on any atom is -0.491 e. The van der Waals surface area contributed by atoms with Crippen molar-refractivity contribution in [3.8, 4) is 5.75 Å². The van der Waals surface area contributed by atoms with E-state index in [4.69, 9.17) is 33.2 Å². The summed E-state index contributed by atoms with van der Waals surface area (Å²) < 4.78 is 42.4. The van der Waals surface area contributed by atoms with E-state index < -0.39 is 0 Å². The van der Waals surface area contributed by atoms with Gasteiger partial charge in [0, 0.05) is 124 Å². The van der Waals surface area contributed by atoms with E-state index in [0.717, 1.165) is 79.0 Å². The van der Waals surface area contributed by atoms with E-state index >= 15 is 0 Å². The Balaban J connectivity index is 0.668. The molecule has 0 saturated carbocycles. The van der Waals surface area contributed by atoms with Gasteiger partial charge in [-0.1, -0.05) is 37.3 Å². The number of nitrogens with one attached hydrogen (secondary N) is 5. The molecule has 7 rings (SSSR count). The summed E-state index contributed by atoms with van der Waals surface area (Å²) in [6, 6.07) is 15.2. The summed E-state index contributed by atoms with van der Waals surface area (Å²) in [5, 5.41) is 24.7. The first-order chi connectivity index (χ1) is 42.0. The molecule has 0 radical (unpaired) electrons. The maximum absolute atomic E-state index is 13.5. The van der Waals surface area contributed by atoms with Crippen LogP contribution in [0.1, 0.15) is 113 Å². The molecule has 2 aromatic carbocycles. The van der Waals surface area contributed by atoms with Crippen LogP contribution in [0.4, 0.5) is 33.6 Å². The molecule has 0 bridgehead atoms. The van der Waals surface area contributed by atoms with Crippen molar-refractivity contribution < 1.29 is 57.1 Å². The number of hydrogen-bond donors (Lipinski definition) is 5. The number of methoxy groups -OCH3 is 1. The first-order valence-corrected chi connectivity index (χ1v) is 31.5. The molecule has 2 fully saturated rings. The number of aryl methyl sites for hydroxylation is 1. The van der Waals surface area contributed by atoms with Crippen LogP contribution in [0.5, 0.6) is 5.75 Å². The fourth-order valence-electron chi connectivity index (χ4n) is 10.4. The molecule has 0 aliphatic carbocycles. The lowest BCUT2D eigenvalue weighted by Crippen LogP contribution is -2.43. The number of unbranched alkanes of at least 4 members (excludes halogenated alkanes) is 3. The van der Waals surface area contributed by atoms with Gasteiger partial charge in [-0.05, 0) is 88.3 Å². The third-order valence-electron chi connectivity index (χ3n) is 15.2. The number of urea groups is 1. The second kappa shape index (κ2) is 37.2. The second-order valence-corrected chi connectivity index (χ2v) is 23.0. The van der Waals surface area contributed by atoms with Gasteiger partial charge < -0.3 is 64.6 Å². The lowest BCUT2D eigenvalue weighted by molar-refractivity contribution is -0.133. The summed E-state index contributed by atoms with van der Waals surface area (Å²) in [4.78, 5) is 72.9. The summed E-state index contributed by atoms with van der Waals surface area (Å²) in [7, 11) is 1.65. The van der Waals surface area contributed by atoms with Crippen molar-refractivity contribution in [3.63, 3.8) is 0 Å². The Hall–Kier alpha value is -6.54. The second-order valence-electron chi connectivity index (χ2n) is 21.7. The maximum Gasteiger partial charge on any atom is 0.315 e. The molecule has 0 unspecified atom stereocenters. The Morgan fingerprint density at radius 3 is 2.10 bits per heavy atom. The van der Waals surface area contributed by atoms with E-state index in [1.165, 1.54) is 6.08 Å². The zero-order chi connectivity index (χ0) is 60.7. The minimum absolute atomic E-state index is 0.00510. The number of hydrogen-bond acceptors (Lipinski definition) is 19. The number of anilines is 5. The van der Waals surface area contributed by atoms with Crippen LogP contribution in [0, 0.1) is 6.92 Å². The van der Waals surface area contributed by atoms with E-state index in [9.17, 15) is 24.0 Å². The predicted octanol–water partition coefficient (Wildman–Crippen LogP) is 8.03. The normalized spacial score (nSPS) is 18.1. The summed E-state index contributed by atoms with van der Waals surface area (Å²) in [6.07, 6.45) is 12.2. The summed E-state index contributed by atoms with van der Waals surface area (Å²) in [5.41, 5.74) is 4.79. The third kappa shape index (κ3) is 23.0. The SMILES string of the molecule is C=CC(=O)Nc1cccc(Nc2nc(Nc3cccc(OCCOCCOCCn4nnc5c4CCN(C(=O)CCCC(=O)CCCCOCCOCCOCCCCC(=O)CCCC[C@@H]4SC[C@@H]6NC(=O)N[C@@H]64)C[C@H](OC)[C@H]5C)c3)ncc2C)c1. The molecule has 24 heteroatoms. The number of carbonyl (C=O) groups excluding carboxylic acids is 5. The fraction of sp³-hybridized carbons (Fsp3) is 0.597. The number of nitrogens with zero attached hydrogens (tertiary/aromatic N) is 6. The van der Waals surface area contributed by atoms with Gasteiger partial charge in [-0.3, -0.25) is 19.2 Å². The van der Waals surface area contributed by atoms with Crippen LogP contribution in [-0.2, 0) is 60.6 Å². The molecule has 4 amide bonds. The van der Waals surface area contributed by atoms with Gasteiger partial charge >= 0.3 is 6.03 Å². The van der Waals surface area contributed by atoms with Crippen LogP contribution in [0.25, 0.3) is 0 Å². The fourth-order valence-corrected chi connectivity index (χ4v) is 11.9. The van der Waals surface area contributed by atoms with E-state index in [1.54, 1.807) is 19.4 Å². The van der Waals surface area contributed by atoms with Crippen molar-refractivity contribution in [2.75, 3.05) is 115 Å². The molecule has 2 saturated heterocycles. The van der Waals surface area contributed by atoms with Crippen molar-refractivity contribution in [1.82, 2.24) is 40.5 Å². The Morgan fingerprint density at radius 2 is 1.40 bits per heavy atom. The number of benzene rings is 2. The monoisotopic (exact) mass is 1210 g/mol. The molecule has 2 aromatic heterocycles. The van der Waals surface area contributed by atoms with Crippen LogP contribution in [0.3, 0.4) is 0 Å². The number of amides is 4. The highest BCUT2D eigenvalue weighted by Gasteiger charge is 2.42. The smallest absolute Gasteiger partial charge is 0.315 e. The number of rotatable bonds is 42. The third-order valence-corrected chi connectivity index (χ3v) is 16.7. The molecule has 23 nitrogen and oxygen atoms in total. The van der Waals surface area contributed by atoms with Crippen LogP contribution in [-0.4, -0.2) is 181 Å². The zero-order valence-electron chi connectivity index (χ0n) is 50.4. The molecule has 470 valence electrons. The first-order valence-electron chi connectivity index (χ1n) is 30.4. The van der Waals surface area contributed by atoms with Crippen LogP contribution in [0.2, 0.25) is 0 Å². The van der Waals surface area contributed by atoms with E-state index in [2.05, 4.69) is 60.4 Å². The molecule has 5 atom stereocenters. The van der Waals surface area contributed by atoms with Gasteiger partial charge in [0.25, 0.3) is 0 Å². The first kappa shape index (κ1) is 67.0. The van der Waals surface area contributed by atoms with Crippen LogP contribution < -0.4 is 31.3 Å². The number of ether oxygens (including phenoxy) is 7. The van der Waals surface area contributed by atoms with Gasteiger partial charge in [-0.2, -0.15) is 16.7 Å². The Kier molecular flexibility index (Phi) is 29.0. The Bertz CT molecular complexity index is 2770. The van der Waals surface area contributed by atoms with Gasteiger partial charge in [0.15, 0.2) is 0 Å². The van der Waals surface area contributed by atoms with E-state index in [-0.39, 0.29) is 54.2 Å². The molecular weight excluding hydrogens is 1120 g/mol. The van der Waals surface area contributed by atoms with Crippen molar-refractivity contribution in [1.29, 1.82) is 0 Å². The van der Waals surface area contributed by atoms with E-state index in [0.29, 0.717) is 165 Å². The number of fused-ring (bicyclic) bond motifs is 2. The summed E-state index contributed by atoms with van der Waals surface area (Å²) in [5.74, 6) is 2.71. The van der Waals surface area contributed by atoms with Crippen molar-refractivity contribution in [2.24, 2.45) is 0 Å². The molecule has 86 heavy (non-hydrogen) atoms. The number of thioether (sulfide) groups is 1. The highest BCUT2D eigenvalue weighted by atomic mass is 32.2. The van der Waals surface area contributed by atoms with Crippen molar-refractivity contribution in [3.05, 3.63) is 84.3 Å². The van der Waals surface area contributed by atoms with Crippen LogP contribution in [0.15, 0.2) is 67.4 Å². The van der Waals surface area contributed by atoms with Gasteiger partial charge in [0.05, 0.1) is 89.0 Å². The summed E-state index contributed by atoms with van der Waals surface area (Å²) in [6.45, 7) is 13.8. The quantitative estimate of drug-likeness (QED) is 0.0160. The van der Waals surface area contributed by atoms with Gasteiger partial charge in [-0.15, -0.1) is 5.10 Å². The molecule has 4 aromatic rings. The Labute approximate surface area is 509 Å². The molecule has 3 aliphatic heterocycles. The molecule has 5 heterocycles. The standard InChI is InChI=1S/C62H89N11O12S/c1-5-56(76)64-46-15-12-16-47(39-46)65-60-44(2)41-63-61(69-60)66-48-17-13-22-51(40-48)85-38-37-84-36-33-82-30-27-73-53-25-26-72(42-54(79-4)45(3)58(53)70-71-73)57(77)24-14-21-50(75)20-9-11-29-81-32-35-83-34-31-80-28-10-8-19-49(74)18-6-7-23-55-59-52(43-86-55)67-62(78)68-59/h5,12-13,15-17,22,39-41,45,52,54-55,59H,1,6-11,14,18-21,23-38,42-43H2,2-4H3,(H,64,76)(H2,67,68,78)(H2,63,65,66,69)/t45-,52+,54+,55+,59+/m1/s1. The Morgan fingerprint density at radius 1 is 0.756 bits per heavy atom. The van der Waals surface area contributed by atoms with Gasteiger partial charge in [0.1, 0.15) is 29.7 Å². The summed E-state index contributed by atoms with van der Waals surface area (Å²) >= 11 is 1.91. The average Bonchev–Trinajstić information content (AvgIpc) is 2.94. The molecule has 3 aliphatic rings. The number of Topliss-reactive ketones (excluding diaryl/α,β-unsaturated/α-hetero) is 2. The number of aromatic nitrogens is 5. The van der Waals surface area contributed by atoms with Crippen molar-refractivity contribution in [2.45, 2.75) is 140 Å². The zero-order valence-corrected chi connectivity index (χ0v) is 51.2. The van der Waals surface area contributed by atoms with E-state index in [1.807, 2.05) is 70.7 Å². The number of carbonyl (C=O) groups is 5. The van der Waals surface area contributed by atoms with Crippen molar-refractivity contribution >= 4 is 70.0 Å². The molecule has 0 spiro atoms. The lowest BCUT2D eigenvalue weighted by atomic mass is 9.95. The highest BCUT2D eigenvalue weighted by Crippen LogP contribution is 2.34. The molecular formula is C62H89N11O12S. The molecule has 5 N–H and O–H groups in total. The lowest BCUT2D eigenvalue weighted by Gasteiger charge is -2.32. The number of ketones is 2. The van der Waals surface area contributed by atoms with Gasteiger partial charge in [0.2, 0.25) is 17.8 Å². The largest absolute Gasteiger partial charge is 0.491 e. The van der Waals surface area contributed by atoms with Crippen LogP contribution >= 0.6 is 11.8 Å². The maximum atomic E-state index is 13.5. The topological polar surface area (TPSA) is 270 Å². The van der Waals surface area contributed by atoms with Gasteiger partial charge in [-0.25, -0.2) is 14.5 Å². The predicted molar refractivity (Wildman–Crippen MR) is 330 cm³/mol. The highest BCUT2D eigenvalue weighted by molar-refractivity contribution is 8.00.